The maximum absolute atomic E-state index is 14.1. The summed E-state index contributed by atoms with van der Waals surface area (Å²) in [6.45, 7) is 7.12. The summed E-state index contributed by atoms with van der Waals surface area (Å²) < 4.78 is 6.70. The van der Waals surface area contributed by atoms with Gasteiger partial charge in [0.05, 0.1) is 5.41 Å². The fourth-order valence-corrected chi connectivity index (χ4v) is 9.01. The Morgan fingerprint density at radius 1 is 0.912 bits per heavy atom. The molecule has 6 rings (SSSR count). The molecule has 0 radical (unpaired) electrons. The molecule has 182 valence electrons. The van der Waals surface area contributed by atoms with Crippen LogP contribution in [0.25, 0.3) is 10.8 Å². The Morgan fingerprint density at radius 3 is 2.50 bits per heavy atom. The van der Waals surface area contributed by atoms with Crippen molar-refractivity contribution in [2.24, 2.45) is 35.0 Å². The zero-order valence-electron chi connectivity index (χ0n) is 21.4. The van der Waals surface area contributed by atoms with Crippen LogP contribution in [0.1, 0.15) is 90.5 Å². The highest BCUT2D eigenvalue weighted by molar-refractivity contribution is 5.83. The minimum Gasteiger partial charge on any atom is -0.462 e. The van der Waals surface area contributed by atoms with Gasteiger partial charge in [-0.1, -0.05) is 88.9 Å². The smallest absolute Gasteiger partial charge is 0.312 e. The number of carbonyl (C=O) groups is 1. The normalized spacial score (nSPS) is 37.5. The van der Waals surface area contributed by atoms with Crippen molar-refractivity contribution < 1.29 is 9.53 Å². The molecule has 4 aliphatic carbocycles. The van der Waals surface area contributed by atoms with Crippen LogP contribution in [0, 0.1) is 35.0 Å². The average molecular weight is 459 g/mol. The Morgan fingerprint density at radius 2 is 1.68 bits per heavy atom. The van der Waals surface area contributed by atoms with Crippen LogP contribution in [0.3, 0.4) is 0 Å². The molecule has 34 heavy (non-hydrogen) atoms. The van der Waals surface area contributed by atoms with E-state index in [1.54, 1.807) is 0 Å². The summed E-state index contributed by atoms with van der Waals surface area (Å²) in [5.41, 5.74) is 1.20. The van der Waals surface area contributed by atoms with Crippen LogP contribution in [0.2, 0.25) is 0 Å². The van der Waals surface area contributed by atoms with E-state index >= 15 is 0 Å². The molecule has 4 aliphatic rings. The van der Waals surface area contributed by atoms with Crippen LogP contribution in [-0.2, 0) is 14.9 Å². The molecule has 0 unspecified atom stereocenters. The lowest BCUT2D eigenvalue weighted by Crippen LogP contribution is -2.61. The van der Waals surface area contributed by atoms with E-state index in [9.17, 15) is 4.79 Å². The largest absolute Gasteiger partial charge is 0.462 e. The second-order valence-electron chi connectivity index (χ2n) is 12.8. The number of hydrogen-bond donors (Lipinski definition) is 0. The van der Waals surface area contributed by atoms with Gasteiger partial charge in [0.25, 0.3) is 0 Å². The van der Waals surface area contributed by atoms with Gasteiger partial charge in [0, 0.05) is 5.92 Å². The van der Waals surface area contributed by atoms with Crippen molar-refractivity contribution in [3.8, 4) is 0 Å². The number of esters is 1. The van der Waals surface area contributed by atoms with Crippen LogP contribution < -0.4 is 0 Å². The molecule has 0 N–H and O–H groups in total. The van der Waals surface area contributed by atoms with Gasteiger partial charge in [0.1, 0.15) is 6.10 Å². The molecule has 0 spiro atoms. The maximum atomic E-state index is 14.1. The van der Waals surface area contributed by atoms with Crippen molar-refractivity contribution >= 4 is 16.7 Å². The van der Waals surface area contributed by atoms with Crippen molar-refractivity contribution in [1.29, 1.82) is 0 Å². The maximum Gasteiger partial charge on any atom is 0.312 e. The minimum atomic E-state index is -0.141. The second-order valence-corrected chi connectivity index (χ2v) is 12.8. The van der Waals surface area contributed by atoms with E-state index in [-0.39, 0.29) is 22.9 Å². The van der Waals surface area contributed by atoms with E-state index in [2.05, 4.69) is 63.2 Å². The standard InChI is InChI=1S/C32H42O2/c1-21-14-17-28(31(2,3)24-16-15-22-9-4-5-10-23(22)20-24)29(19-21)34-30(33)32-18-7-6-12-26(32)25-11-8-13-27(25)32/h4-5,9-10,15-16,20-21,25-29H,6-8,11-14,17-19H2,1-3H3/t21-,25+,26-,27-,28-,29-,32-/m1/s1. The van der Waals surface area contributed by atoms with E-state index in [4.69, 9.17) is 4.74 Å². The van der Waals surface area contributed by atoms with E-state index in [0.717, 1.165) is 25.2 Å². The van der Waals surface area contributed by atoms with Gasteiger partial charge in [-0.05, 0) is 83.9 Å². The zero-order valence-corrected chi connectivity index (χ0v) is 21.4. The van der Waals surface area contributed by atoms with Crippen LogP contribution in [0.4, 0.5) is 0 Å². The minimum absolute atomic E-state index is 0.0335. The van der Waals surface area contributed by atoms with Crippen LogP contribution in [-0.4, -0.2) is 12.1 Å². The molecule has 7 atom stereocenters. The predicted molar refractivity (Wildman–Crippen MR) is 139 cm³/mol. The van der Waals surface area contributed by atoms with Gasteiger partial charge in [-0.3, -0.25) is 4.79 Å². The first-order valence-electron chi connectivity index (χ1n) is 14.1. The fourth-order valence-electron chi connectivity index (χ4n) is 9.01. The van der Waals surface area contributed by atoms with Crippen molar-refractivity contribution in [2.45, 2.75) is 96.5 Å². The fraction of sp³-hybridized carbons (Fsp3) is 0.656. The molecule has 2 nitrogen and oxygen atoms in total. The van der Waals surface area contributed by atoms with E-state index in [1.807, 2.05) is 0 Å². The molecule has 4 saturated carbocycles. The monoisotopic (exact) mass is 458 g/mol. The first kappa shape index (κ1) is 22.6. The highest BCUT2D eigenvalue weighted by Crippen LogP contribution is 2.69. The molecule has 0 amide bonds. The lowest BCUT2D eigenvalue weighted by atomic mass is 9.43. The van der Waals surface area contributed by atoms with Crippen LogP contribution in [0.15, 0.2) is 42.5 Å². The lowest BCUT2D eigenvalue weighted by molar-refractivity contribution is -0.207. The average Bonchev–Trinajstić information content (AvgIpc) is 3.27. The summed E-state index contributed by atoms with van der Waals surface area (Å²) >= 11 is 0. The third-order valence-electron chi connectivity index (χ3n) is 10.9. The molecule has 0 heterocycles. The van der Waals surface area contributed by atoms with Crippen molar-refractivity contribution in [3.63, 3.8) is 0 Å². The topological polar surface area (TPSA) is 26.3 Å². The SMILES string of the molecule is C[C@@H]1CC[C@@H](C(C)(C)c2ccc3ccccc3c2)[C@H](OC(=O)[C@]23CCCC[C@@H]2[C@@H]2CCC[C@H]23)C1. The molecule has 2 aromatic carbocycles. The first-order chi connectivity index (χ1) is 16.4. The van der Waals surface area contributed by atoms with Crippen LogP contribution in [0.5, 0.6) is 0 Å². The molecule has 0 bridgehead atoms. The van der Waals surface area contributed by atoms with E-state index in [1.165, 1.54) is 61.3 Å². The lowest BCUT2D eigenvalue weighted by Gasteiger charge is -2.60. The highest BCUT2D eigenvalue weighted by Gasteiger charge is 2.67. The summed E-state index contributed by atoms with van der Waals surface area (Å²) in [5, 5.41) is 2.59. The third-order valence-corrected chi connectivity index (χ3v) is 10.9. The molecule has 2 heteroatoms. The predicted octanol–water partition coefficient (Wildman–Crippen LogP) is 8.07. The molecule has 0 saturated heterocycles. The summed E-state index contributed by atoms with van der Waals surface area (Å²) in [7, 11) is 0. The Hall–Kier alpha value is -1.83. The van der Waals surface area contributed by atoms with Gasteiger partial charge in [0.2, 0.25) is 0 Å². The Kier molecular flexibility index (Phi) is 5.58. The van der Waals surface area contributed by atoms with Gasteiger partial charge in [0.15, 0.2) is 0 Å². The first-order valence-corrected chi connectivity index (χ1v) is 14.1. The molecule has 2 aromatic rings. The van der Waals surface area contributed by atoms with E-state index in [0.29, 0.717) is 23.7 Å². The number of hydrogen-bond acceptors (Lipinski definition) is 2. The highest BCUT2D eigenvalue weighted by atomic mass is 16.5. The summed E-state index contributed by atoms with van der Waals surface area (Å²) in [4.78, 5) is 14.1. The summed E-state index contributed by atoms with van der Waals surface area (Å²) in [5.74, 6) is 3.21. The summed E-state index contributed by atoms with van der Waals surface area (Å²) in [6.07, 6.45) is 12.2. The molecular weight excluding hydrogens is 416 g/mol. The van der Waals surface area contributed by atoms with Crippen molar-refractivity contribution in [3.05, 3.63) is 48.0 Å². The number of ether oxygens (including phenoxy) is 1. The molecular formula is C32H42O2. The molecule has 0 aliphatic heterocycles. The Bertz CT molecular complexity index is 1070. The number of benzene rings is 2. The Balaban J connectivity index is 1.28. The van der Waals surface area contributed by atoms with Gasteiger partial charge >= 0.3 is 5.97 Å². The second kappa shape index (κ2) is 8.38. The number of fused-ring (bicyclic) bond motifs is 5. The number of carbonyl (C=O) groups excluding carboxylic acids is 1. The zero-order chi connectivity index (χ0) is 23.5. The molecule has 0 aromatic heterocycles. The van der Waals surface area contributed by atoms with E-state index < -0.39 is 0 Å². The van der Waals surface area contributed by atoms with Gasteiger partial charge < -0.3 is 4.74 Å². The third kappa shape index (κ3) is 3.38. The van der Waals surface area contributed by atoms with Crippen molar-refractivity contribution in [2.75, 3.05) is 0 Å². The number of rotatable bonds is 4. The Labute approximate surface area is 205 Å². The van der Waals surface area contributed by atoms with Crippen LogP contribution >= 0.6 is 0 Å². The van der Waals surface area contributed by atoms with Gasteiger partial charge in [-0.2, -0.15) is 0 Å². The molecule has 4 fully saturated rings. The van der Waals surface area contributed by atoms with Gasteiger partial charge in [-0.15, -0.1) is 0 Å². The van der Waals surface area contributed by atoms with Crippen molar-refractivity contribution in [1.82, 2.24) is 0 Å². The summed E-state index contributed by atoms with van der Waals surface area (Å²) in [6, 6.07) is 15.6. The van der Waals surface area contributed by atoms with Gasteiger partial charge in [-0.25, -0.2) is 0 Å². The quantitative estimate of drug-likeness (QED) is 0.433.